The molecule has 1 aliphatic carbocycles. The first kappa shape index (κ1) is 10.9. The molecule has 0 amide bonds. The minimum atomic E-state index is -0.354. The van der Waals surface area contributed by atoms with Crippen LogP contribution in [0, 0.1) is 0 Å². The normalized spacial score (nSPS) is 25.0. The van der Waals surface area contributed by atoms with Crippen molar-refractivity contribution in [3.05, 3.63) is 34.3 Å². The molecule has 0 saturated carbocycles. The minimum absolute atomic E-state index is 0.354. The third-order valence-electron chi connectivity index (χ3n) is 3.11. The second kappa shape index (κ2) is 4.12. The molecule has 1 unspecified atom stereocenters. The van der Waals surface area contributed by atoms with Crippen LogP contribution in [-0.4, -0.2) is 13.7 Å². The van der Waals surface area contributed by atoms with Gasteiger partial charge in [-0.15, -0.1) is 0 Å². The second-order valence-electron chi connectivity index (χ2n) is 4.21. The Balaban J connectivity index is 2.46. The van der Waals surface area contributed by atoms with Crippen molar-refractivity contribution in [2.45, 2.75) is 24.8 Å². The van der Waals surface area contributed by atoms with E-state index in [1.165, 1.54) is 5.56 Å². The van der Waals surface area contributed by atoms with Crippen molar-refractivity contribution in [1.29, 1.82) is 0 Å². The van der Waals surface area contributed by atoms with E-state index in [0.717, 1.165) is 29.8 Å². The summed E-state index contributed by atoms with van der Waals surface area (Å²) in [6.07, 6.45) is 3.07. The molecule has 0 heterocycles. The van der Waals surface area contributed by atoms with Gasteiger partial charge in [0.2, 0.25) is 0 Å². The van der Waals surface area contributed by atoms with Gasteiger partial charge in [-0.1, -0.05) is 23.7 Å². The maximum absolute atomic E-state index is 6.37. The highest BCUT2D eigenvalue weighted by molar-refractivity contribution is 6.31. The molecule has 0 aromatic heterocycles. The van der Waals surface area contributed by atoms with Crippen molar-refractivity contribution in [1.82, 2.24) is 0 Å². The summed E-state index contributed by atoms with van der Waals surface area (Å²) in [6.45, 7) is 0.556. The SMILES string of the molecule is COCC1(N)CCCc2c(Cl)cccc21. The number of methoxy groups -OCH3 is 1. The Hall–Kier alpha value is -0.570. The minimum Gasteiger partial charge on any atom is -0.382 e. The monoisotopic (exact) mass is 225 g/mol. The van der Waals surface area contributed by atoms with E-state index in [0.29, 0.717) is 6.61 Å². The lowest BCUT2D eigenvalue weighted by Gasteiger charge is -2.35. The Morgan fingerprint density at radius 2 is 2.33 bits per heavy atom. The van der Waals surface area contributed by atoms with E-state index in [4.69, 9.17) is 22.1 Å². The molecule has 15 heavy (non-hydrogen) atoms. The summed E-state index contributed by atoms with van der Waals surface area (Å²) in [6, 6.07) is 5.96. The van der Waals surface area contributed by atoms with Crippen molar-refractivity contribution in [2.75, 3.05) is 13.7 Å². The number of hydrogen-bond donors (Lipinski definition) is 1. The predicted molar refractivity (Wildman–Crippen MR) is 62.1 cm³/mol. The predicted octanol–water partition coefficient (Wildman–Crippen LogP) is 2.48. The van der Waals surface area contributed by atoms with Crippen LogP contribution in [0.3, 0.4) is 0 Å². The molecular formula is C12H16ClNO. The third kappa shape index (κ3) is 1.89. The Labute approximate surface area is 95.4 Å². The van der Waals surface area contributed by atoms with Crippen LogP contribution in [0.15, 0.2) is 18.2 Å². The highest BCUT2D eigenvalue weighted by atomic mass is 35.5. The first-order valence-electron chi connectivity index (χ1n) is 5.23. The van der Waals surface area contributed by atoms with Crippen molar-refractivity contribution < 1.29 is 4.74 Å². The van der Waals surface area contributed by atoms with E-state index < -0.39 is 0 Å². The van der Waals surface area contributed by atoms with E-state index in [2.05, 4.69) is 6.07 Å². The topological polar surface area (TPSA) is 35.2 Å². The molecule has 0 saturated heterocycles. The molecule has 2 rings (SSSR count). The molecule has 0 radical (unpaired) electrons. The maximum Gasteiger partial charge on any atom is 0.0684 e. The van der Waals surface area contributed by atoms with E-state index in [1.54, 1.807) is 7.11 Å². The number of nitrogens with two attached hydrogens (primary N) is 1. The van der Waals surface area contributed by atoms with Gasteiger partial charge in [0.15, 0.2) is 0 Å². The molecule has 82 valence electrons. The molecule has 2 nitrogen and oxygen atoms in total. The fourth-order valence-corrected chi connectivity index (χ4v) is 2.67. The van der Waals surface area contributed by atoms with Gasteiger partial charge in [0.25, 0.3) is 0 Å². The smallest absolute Gasteiger partial charge is 0.0684 e. The largest absolute Gasteiger partial charge is 0.382 e. The van der Waals surface area contributed by atoms with Crippen LogP contribution >= 0.6 is 11.6 Å². The molecule has 0 fully saturated rings. The summed E-state index contributed by atoms with van der Waals surface area (Å²) in [5, 5.41) is 0.832. The van der Waals surface area contributed by atoms with Crippen LogP contribution < -0.4 is 5.73 Å². The third-order valence-corrected chi connectivity index (χ3v) is 3.46. The summed E-state index contributed by atoms with van der Waals surface area (Å²) in [7, 11) is 1.69. The van der Waals surface area contributed by atoms with Gasteiger partial charge in [0.05, 0.1) is 12.1 Å². The van der Waals surface area contributed by atoms with E-state index in [-0.39, 0.29) is 5.54 Å². The highest BCUT2D eigenvalue weighted by Crippen LogP contribution is 2.36. The quantitative estimate of drug-likeness (QED) is 0.840. The average Bonchev–Trinajstić information content (AvgIpc) is 2.20. The van der Waals surface area contributed by atoms with Crippen LogP contribution in [0.5, 0.6) is 0 Å². The zero-order valence-electron chi connectivity index (χ0n) is 8.92. The lowest BCUT2D eigenvalue weighted by molar-refractivity contribution is 0.121. The number of fused-ring (bicyclic) bond motifs is 1. The summed E-state index contributed by atoms with van der Waals surface area (Å²) in [5.74, 6) is 0. The number of ether oxygens (including phenoxy) is 1. The van der Waals surface area contributed by atoms with Gasteiger partial charge in [-0.2, -0.15) is 0 Å². The lowest BCUT2D eigenvalue weighted by atomic mass is 9.77. The van der Waals surface area contributed by atoms with Gasteiger partial charge in [-0.05, 0) is 36.5 Å². The molecule has 0 bridgehead atoms. The molecule has 1 aromatic rings. The van der Waals surface area contributed by atoms with E-state index in [9.17, 15) is 0 Å². The second-order valence-corrected chi connectivity index (χ2v) is 4.62. The Morgan fingerprint density at radius 3 is 3.07 bits per heavy atom. The van der Waals surface area contributed by atoms with Gasteiger partial charge in [0, 0.05) is 12.1 Å². The van der Waals surface area contributed by atoms with Gasteiger partial charge in [-0.25, -0.2) is 0 Å². The molecule has 2 N–H and O–H groups in total. The van der Waals surface area contributed by atoms with Crippen LogP contribution in [0.25, 0.3) is 0 Å². The van der Waals surface area contributed by atoms with Crippen LogP contribution in [0.4, 0.5) is 0 Å². The van der Waals surface area contributed by atoms with Crippen LogP contribution in [0.1, 0.15) is 24.0 Å². The van der Waals surface area contributed by atoms with E-state index in [1.807, 2.05) is 12.1 Å². The first-order valence-corrected chi connectivity index (χ1v) is 5.61. The lowest BCUT2D eigenvalue weighted by Crippen LogP contribution is -2.44. The van der Waals surface area contributed by atoms with E-state index >= 15 is 0 Å². The van der Waals surface area contributed by atoms with Crippen molar-refractivity contribution >= 4 is 11.6 Å². The molecule has 0 spiro atoms. The number of hydrogen-bond acceptors (Lipinski definition) is 2. The zero-order chi connectivity index (χ0) is 10.9. The van der Waals surface area contributed by atoms with Gasteiger partial charge in [-0.3, -0.25) is 0 Å². The highest BCUT2D eigenvalue weighted by Gasteiger charge is 2.33. The Morgan fingerprint density at radius 1 is 1.53 bits per heavy atom. The fourth-order valence-electron chi connectivity index (χ4n) is 2.40. The fraction of sp³-hybridized carbons (Fsp3) is 0.500. The number of benzene rings is 1. The molecule has 0 aliphatic heterocycles. The average molecular weight is 226 g/mol. The van der Waals surface area contributed by atoms with Crippen LogP contribution in [-0.2, 0) is 16.7 Å². The van der Waals surface area contributed by atoms with Gasteiger partial charge in [0.1, 0.15) is 0 Å². The molecule has 1 aliphatic rings. The van der Waals surface area contributed by atoms with Gasteiger partial charge < -0.3 is 10.5 Å². The summed E-state index contributed by atoms with van der Waals surface area (Å²) < 4.78 is 5.21. The first-order chi connectivity index (χ1) is 7.17. The van der Waals surface area contributed by atoms with Crippen molar-refractivity contribution in [2.24, 2.45) is 5.73 Å². The van der Waals surface area contributed by atoms with Crippen molar-refractivity contribution in [3.63, 3.8) is 0 Å². The molecular weight excluding hydrogens is 210 g/mol. The number of rotatable bonds is 2. The Bertz CT molecular complexity index is 367. The molecule has 1 aromatic carbocycles. The zero-order valence-corrected chi connectivity index (χ0v) is 9.68. The Kier molecular flexibility index (Phi) is 3.01. The molecule has 1 atom stereocenters. The van der Waals surface area contributed by atoms with Crippen LogP contribution in [0.2, 0.25) is 5.02 Å². The number of halogens is 1. The van der Waals surface area contributed by atoms with Crippen molar-refractivity contribution in [3.8, 4) is 0 Å². The molecule has 3 heteroatoms. The summed E-state index contributed by atoms with van der Waals surface area (Å²) in [5.41, 5.74) is 8.37. The summed E-state index contributed by atoms with van der Waals surface area (Å²) in [4.78, 5) is 0. The standard InChI is InChI=1S/C12H16ClNO/c1-15-8-12(14)7-3-4-9-10(12)5-2-6-11(9)13/h2,5-6H,3-4,7-8,14H2,1H3. The van der Waals surface area contributed by atoms with Gasteiger partial charge >= 0.3 is 0 Å². The summed E-state index contributed by atoms with van der Waals surface area (Å²) >= 11 is 6.17. The maximum atomic E-state index is 6.37.